The summed E-state index contributed by atoms with van der Waals surface area (Å²) < 4.78 is 1.96. The minimum atomic E-state index is -0.953. The van der Waals surface area contributed by atoms with Gasteiger partial charge in [-0.1, -0.05) is 6.07 Å². The van der Waals surface area contributed by atoms with Crippen LogP contribution in [0.4, 0.5) is 0 Å². The van der Waals surface area contributed by atoms with E-state index in [-0.39, 0.29) is 12.2 Å². The highest BCUT2D eigenvalue weighted by Crippen LogP contribution is 2.18. The third-order valence-corrected chi connectivity index (χ3v) is 2.94. The van der Waals surface area contributed by atoms with E-state index in [1.807, 2.05) is 10.6 Å². The summed E-state index contributed by atoms with van der Waals surface area (Å²) in [6.07, 6.45) is 4.38. The predicted octanol–water partition coefficient (Wildman–Crippen LogP) is 1.90. The molecule has 0 atom stereocenters. The number of aryl methyl sites for hydroxylation is 1. The first-order chi connectivity index (χ1) is 8.74. The van der Waals surface area contributed by atoms with Gasteiger partial charge in [-0.05, 0) is 31.4 Å². The molecule has 0 bridgehead atoms. The first-order valence-electron chi connectivity index (χ1n) is 6.02. The van der Waals surface area contributed by atoms with Crippen LogP contribution in [0.2, 0.25) is 0 Å². The van der Waals surface area contributed by atoms with Crippen molar-refractivity contribution in [2.75, 3.05) is 6.61 Å². The molecule has 0 saturated carbocycles. The van der Waals surface area contributed by atoms with Crippen LogP contribution in [0.5, 0.6) is 0 Å². The zero-order chi connectivity index (χ0) is 13.0. The summed E-state index contributed by atoms with van der Waals surface area (Å²) in [5, 5.41) is 17.8. The number of carbonyl (C=O) groups is 1. The Balaban J connectivity index is 2.20. The van der Waals surface area contributed by atoms with Crippen LogP contribution in [0.1, 0.15) is 29.6 Å². The number of aromatic carboxylic acids is 1. The van der Waals surface area contributed by atoms with E-state index in [1.54, 1.807) is 18.5 Å². The summed E-state index contributed by atoms with van der Waals surface area (Å²) in [4.78, 5) is 15.2. The molecule has 96 valence electrons. The average molecular weight is 248 g/mol. The Morgan fingerprint density at radius 1 is 1.28 bits per heavy atom. The van der Waals surface area contributed by atoms with Gasteiger partial charge in [0.15, 0.2) is 0 Å². The number of fused-ring (bicyclic) bond motifs is 1. The molecule has 0 amide bonds. The van der Waals surface area contributed by atoms with Gasteiger partial charge in [0, 0.05) is 13.2 Å². The number of unbranched alkanes of at least 4 members (excludes halogenated alkanes) is 2. The zero-order valence-electron chi connectivity index (χ0n) is 10.0. The van der Waals surface area contributed by atoms with Crippen LogP contribution in [0.15, 0.2) is 24.5 Å². The van der Waals surface area contributed by atoms with Gasteiger partial charge in [0.2, 0.25) is 0 Å². The van der Waals surface area contributed by atoms with Gasteiger partial charge in [-0.25, -0.2) is 9.78 Å². The first-order valence-corrected chi connectivity index (χ1v) is 6.02. The number of para-hydroxylation sites is 1. The molecule has 0 aliphatic heterocycles. The molecule has 1 aromatic heterocycles. The minimum absolute atomic E-state index is 0.216. The van der Waals surface area contributed by atoms with Gasteiger partial charge in [0.25, 0.3) is 0 Å². The minimum Gasteiger partial charge on any atom is -0.478 e. The molecule has 2 aromatic rings. The van der Waals surface area contributed by atoms with Crippen molar-refractivity contribution in [2.24, 2.45) is 0 Å². The number of carboxylic acid groups (broad SMARTS) is 1. The molecule has 1 aromatic carbocycles. The molecule has 0 aliphatic rings. The number of rotatable bonds is 6. The van der Waals surface area contributed by atoms with E-state index in [0.717, 1.165) is 31.3 Å². The largest absolute Gasteiger partial charge is 0.478 e. The Labute approximate surface area is 105 Å². The molecule has 0 radical (unpaired) electrons. The number of aromatic nitrogens is 2. The molecule has 0 spiro atoms. The SMILES string of the molecule is O=C(O)c1cccc2c1ncn2CCCCCO. The smallest absolute Gasteiger partial charge is 0.337 e. The van der Waals surface area contributed by atoms with E-state index in [9.17, 15) is 4.79 Å². The van der Waals surface area contributed by atoms with Crippen LogP contribution in [0.25, 0.3) is 11.0 Å². The normalized spacial score (nSPS) is 10.9. The van der Waals surface area contributed by atoms with Crippen molar-refractivity contribution >= 4 is 17.0 Å². The molecule has 0 saturated heterocycles. The summed E-state index contributed by atoms with van der Waals surface area (Å²) in [5.74, 6) is -0.953. The number of hydrogen-bond donors (Lipinski definition) is 2. The van der Waals surface area contributed by atoms with Gasteiger partial charge >= 0.3 is 5.97 Å². The number of hydrogen-bond acceptors (Lipinski definition) is 3. The fourth-order valence-corrected chi connectivity index (χ4v) is 2.01. The Kier molecular flexibility index (Phi) is 3.94. The number of aliphatic hydroxyl groups excluding tert-OH is 1. The lowest BCUT2D eigenvalue weighted by Crippen LogP contribution is -1.99. The second-order valence-electron chi connectivity index (χ2n) is 4.20. The predicted molar refractivity (Wildman–Crippen MR) is 67.6 cm³/mol. The molecular formula is C13H16N2O3. The summed E-state index contributed by atoms with van der Waals surface area (Å²) in [7, 11) is 0. The summed E-state index contributed by atoms with van der Waals surface area (Å²) in [5.41, 5.74) is 1.62. The third-order valence-electron chi connectivity index (χ3n) is 2.94. The maximum atomic E-state index is 11.0. The summed E-state index contributed by atoms with van der Waals surface area (Å²) in [6.45, 7) is 1.01. The lowest BCUT2D eigenvalue weighted by Gasteiger charge is -2.04. The van der Waals surface area contributed by atoms with Gasteiger partial charge in [-0.3, -0.25) is 0 Å². The lowest BCUT2D eigenvalue weighted by molar-refractivity contribution is 0.0699. The first kappa shape index (κ1) is 12.6. The van der Waals surface area contributed by atoms with Crippen molar-refractivity contribution in [3.63, 3.8) is 0 Å². The summed E-state index contributed by atoms with van der Waals surface area (Å²) in [6, 6.07) is 5.17. The monoisotopic (exact) mass is 248 g/mol. The van der Waals surface area contributed by atoms with Crippen LogP contribution in [0, 0.1) is 0 Å². The number of nitrogens with zero attached hydrogens (tertiary/aromatic N) is 2. The highest BCUT2D eigenvalue weighted by molar-refractivity contribution is 6.00. The Bertz CT molecular complexity index is 548. The van der Waals surface area contributed by atoms with Gasteiger partial charge in [0.1, 0.15) is 5.52 Å². The molecule has 0 aliphatic carbocycles. The van der Waals surface area contributed by atoms with Crippen molar-refractivity contribution in [3.05, 3.63) is 30.1 Å². The van der Waals surface area contributed by atoms with E-state index < -0.39 is 5.97 Å². The van der Waals surface area contributed by atoms with Crippen molar-refractivity contribution < 1.29 is 15.0 Å². The fraction of sp³-hybridized carbons (Fsp3) is 0.385. The Morgan fingerprint density at radius 3 is 2.83 bits per heavy atom. The zero-order valence-corrected chi connectivity index (χ0v) is 10.0. The van der Waals surface area contributed by atoms with Gasteiger partial charge in [-0.15, -0.1) is 0 Å². The van der Waals surface area contributed by atoms with Gasteiger partial charge in [-0.2, -0.15) is 0 Å². The quantitative estimate of drug-likeness (QED) is 0.765. The average Bonchev–Trinajstić information content (AvgIpc) is 2.77. The molecule has 5 heteroatoms. The van der Waals surface area contributed by atoms with Crippen molar-refractivity contribution in [3.8, 4) is 0 Å². The third kappa shape index (κ3) is 2.51. The van der Waals surface area contributed by atoms with Crippen molar-refractivity contribution in [2.45, 2.75) is 25.8 Å². The highest BCUT2D eigenvalue weighted by atomic mass is 16.4. The second-order valence-corrected chi connectivity index (χ2v) is 4.20. The topological polar surface area (TPSA) is 75.3 Å². The van der Waals surface area contributed by atoms with E-state index in [4.69, 9.17) is 10.2 Å². The maximum Gasteiger partial charge on any atom is 0.337 e. The van der Waals surface area contributed by atoms with E-state index in [0.29, 0.717) is 5.52 Å². The van der Waals surface area contributed by atoms with Crippen LogP contribution >= 0.6 is 0 Å². The molecule has 2 rings (SSSR count). The summed E-state index contributed by atoms with van der Waals surface area (Å²) >= 11 is 0. The molecule has 18 heavy (non-hydrogen) atoms. The fourth-order valence-electron chi connectivity index (χ4n) is 2.01. The molecule has 0 fully saturated rings. The molecular weight excluding hydrogens is 232 g/mol. The Morgan fingerprint density at radius 2 is 2.11 bits per heavy atom. The lowest BCUT2D eigenvalue weighted by atomic mass is 10.2. The number of imidazole rings is 1. The number of carboxylic acids is 1. The van der Waals surface area contributed by atoms with E-state index in [1.165, 1.54) is 0 Å². The van der Waals surface area contributed by atoms with Crippen LogP contribution in [-0.4, -0.2) is 32.3 Å². The highest BCUT2D eigenvalue weighted by Gasteiger charge is 2.11. The number of benzene rings is 1. The van der Waals surface area contributed by atoms with Crippen molar-refractivity contribution in [1.82, 2.24) is 9.55 Å². The number of aliphatic hydroxyl groups is 1. The van der Waals surface area contributed by atoms with E-state index >= 15 is 0 Å². The van der Waals surface area contributed by atoms with Crippen LogP contribution < -0.4 is 0 Å². The van der Waals surface area contributed by atoms with Crippen molar-refractivity contribution in [1.29, 1.82) is 0 Å². The van der Waals surface area contributed by atoms with Gasteiger partial charge in [0.05, 0.1) is 17.4 Å². The van der Waals surface area contributed by atoms with Crippen LogP contribution in [0.3, 0.4) is 0 Å². The molecule has 0 unspecified atom stereocenters. The molecule has 5 nitrogen and oxygen atoms in total. The van der Waals surface area contributed by atoms with Gasteiger partial charge < -0.3 is 14.8 Å². The molecule has 1 heterocycles. The van der Waals surface area contributed by atoms with E-state index in [2.05, 4.69) is 4.98 Å². The Hall–Kier alpha value is -1.88. The standard InChI is InChI=1S/C13H16N2O3/c16-8-3-1-2-7-15-9-14-12-10(13(17)18)5-4-6-11(12)15/h4-6,9,16H,1-3,7-8H2,(H,17,18). The maximum absolute atomic E-state index is 11.0. The van der Waals surface area contributed by atoms with Crippen LogP contribution in [-0.2, 0) is 6.54 Å². The molecule has 2 N–H and O–H groups in total. The second kappa shape index (κ2) is 5.64.